The van der Waals surface area contributed by atoms with Crippen molar-refractivity contribution in [3.05, 3.63) is 72.3 Å². The van der Waals surface area contributed by atoms with Crippen molar-refractivity contribution >= 4 is 22.5 Å². The summed E-state index contributed by atoms with van der Waals surface area (Å²) in [5.41, 5.74) is 0.520. The van der Waals surface area contributed by atoms with Gasteiger partial charge in [0, 0.05) is 5.56 Å². The van der Waals surface area contributed by atoms with Crippen LogP contribution < -0.4 is 9.47 Å². The highest BCUT2D eigenvalue weighted by Gasteiger charge is 2.11. The Kier molecular flexibility index (Phi) is 6.05. The molecule has 0 aliphatic carbocycles. The van der Waals surface area contributed by atoms with Crippen molar-refractivity contribution in [3.8, 4) is 11.5 Å². The van der Waals surface area contributed by atoms with Gasteiger partial charge in [-0.25, -0.2) is 0 Å². The number of fused-ring (bicyclic) bond motifs is 1. The van der Waals surface area contributed by atoms with Crippen molar-refractivity contribution in [2.45, 2.75) is 6.42 Å². The summed E-state index contributed by atoms with van der Waals surface area (Å²) in [5, 5.41) is 2.03. The monoisotopic (exact) mass is 364 g/mol. The minimum Gasteiger partial charge on any atom is -0.493 e. The van der Waals surface area contributed by atoms with E-state index in [1.165, 1.54) is 0 Å². The number of benzene rings is 3. The van der Waals surface area contributed by atoms with Crippen molar-refractivity contribution in [2.75, 3.05) is 20.3 Å². The molecule has 5 nitrogen and oxygen atoms in total. The number of esters is 1. The van der Waals surface area contributed by atoms with Crippen molar-refractivity contribution in [2.24, 2.45) is 0 Å². The van der Waals surface area contributed by atoms with Crippen LogP contribution in [0.4, 0.5) is 0 Å². The lowest BCUT2D eigenvalue weighted by Crippen LogP contribution is -2.16. The number of ether oxygens (including phenoxy) is 3. The molecule has 3 aromatic rings. The van der Waals surface area contributed by atoms with Crippen LogP contribution in [0.5, 0.6) is 11.5 Å². The van der Waals surface area contributed by atoms with Crippen LogP contribution in [0, 0.1) is 0 Å². The van der Waals surface area contributed by atoms with Gasteiger partial charge in [0.2, 0.25) is 0 Å². The molecule has 0 bridgehead atoms. The molecule has 0 amide bonds. The standard InChI is InChI=1S/C22H20O5/c1-25-20-8-4-5-9-21(20)26-13-12-22(24)27-15-19(23)18-11-10-16-6-2-3-7-17(16)14-18/h2-11,14H,12-13,15H2,1H3. The molecule has 0 aliphatic rings. The van der Waals surface area contributed by atoms with Crippen molar-refractivity contribution in [3.63, 3.8) is 0 Å². The van der Waals surface area contributed by atoms with Gasteiger partial charge in [0.05, 0.1) is 20.1 Å². The molecular weight excluding hydrogens is 344 g/mol. The molecule has 3 rings (SSSR count). The Labute approximate surface area is 157 Å². The third-order valence-corrected chi connectivity index (χ3v) is 4.07. The van der Waals surface area contributed by atoms with Gasteiger partial charge in [-0.2, -0.15) is 0 Å². The van der Waals surface area contributed by atoms with Gasteiger partial charge in [-0.05, 0) is 29.0 Å². The lowest BCUT2D eigenvalue weighted by Gasteiger charge is -2.10. The molecule has 0 unspecified atom stereocenters. The predicted octanol–water partition coefficient (Wildman–Crippen LogP) is 4.04. The van der Waals surface area contributed by atoms with Gasteiger partial charge in [-0.1, -0.05) is 48.5 Å². The number of hydrogen-bond acceptors (Lipinski definition) is 5. The van der Waals surface area contributed by atoms with Crippen LogP contribution in [0.25, 0.3) is 10.8 Å². The summed E-state index contributed by atoms with van der Waals surface area (Å²) in [6, 6.07) is 20.4. The summed E-state index contributed by atoms with van der Waals surface area (Å²) in [6.45, 7) is -0.144. The maximum Gasteiger partial charge on any atom is 0.309 e. The van der Waals surface area contributed by atoms with Crippen molar-refractivity contribution in [1.29, 1.82) is 0 Å². The van der Waals surface area contributed by atoms with E-state index in [2.05, 4.69) is 0 Å². The summed E-state index contributed by atoms with van der Waals surface area (Å²) in [7, 11) is 1.55. The van der Waals surface area contributed by atoms with Crippen molar-refractivity contribution in [1.82, 2.24) is 0 Å². The first-order valence-corrected chi connectivity index (χ1v) is 8.61. The fraction of sp³-hybridized carbons (Fsp3) is 0.182. The van der Waals surface area contributed by atoms with Gasteiger partial charge in [-0.3, -0.25) is 9.59 Å². The zero-order valence-corrected chi connectivity index (χ0v) is 15.0. The number of rotatable bonds is 8. The van der Waals surface area contributed by atoms with E-state index in [0.29, 0.717) is 17.1 Å². The van der Waals surface area contributed by atoms with Crippen LogP contribution in [0.3, 0.4) is 0 Å². The van der Waals surface area contributed by atoms with Gasteiger partial charge in [0.15, 0.2) is 23.9 Å². The second kappa shape index (κ2) is 8.85. The average Bonchev–Trinajstić information content (AvgIpc) is 2.72. The zero-order valence-electron chi connectivity index (χ0n) is 15.0. The molecule has 0 heterocycles. The summed E-state index contributed by atoms with van der Waals surface area (Å²) < 4.78 is 15.8. The Morgan fingerprint density at radius 2 is 1.56 bits per heavy atom. The van der Waals surface area contributed by atoms with Gasteiger partial charge in [0.1, 0.15) is 0 Å². The summed E-state index contributed by atoms with van der Waals surface area (Å²) in [5.74, 6) is 0.427. The molecule has 138 valence electrons. The molecule has 0 aliphatic heterocycles. The fourth-order valence-corrected chi connectivity index (χ4v) is 2.65. The third kappa shape index (κ3) is 4.85. The molecule has 5 heteroatoms. The van der Waals surface area contributed by atoms with Crippen LogP contribution in [-0.4, -0.2) is 32.1 Å². The molecule has 3 aromatic carbocycles. The number of para-hydroxylation sites is 2. The summed E-state index contributed by atoms with van der Waals surface area (Å²) in [6.07, 6.45) is 0.0447. The predicted molar refractivity (Wildman–Crippen MR) is 102 cm³/mol. The van der Waals surface area contributed by atoms with E-state index < -0.39 is 5.97 Å². The molecule has 27 heavy (non-hydrogen) atoms. The fourth-order valence-electron chi connectivity index (χ4n) is 2.65. The molecule has 0 aromatic heterocycles. The molecule has 0 fully saturated rings. The third-order valence-electron chi connectivity index (χ3n) is 4.07. The van der Waals surface area contributed by atoms with Crippen LogP contribution in [-0.2, 0) is 9.53 Å². The van der Waals surface area contributed by atoms with Crippen LogP contribution >= 0.6 is 0 Å². The number of Topliss-reactive ketones (excluding diaryl/α,β-unsaturated/α-hetero) is 1. The molecule has 0 saturated carbocycles. The summed E-state index contributed by atoms with van der Waals surface area (Å²) in [4.78, 5) is 24.1. The molecule has 0 atom stereocenters. The van der Waals surface area contributed by atoms with Gasteiger partial charge >= 0.3 is 5.97 Å². The van der Waals surface area contributed by atoms with Crippen LogP contribution in [0.2, 0.25) is 0 Å². The Hall–Kier alpha value is -3.34. The number of carbonyl (C=O) groups excluding carboxylic acids is 2. The van der Waals surface area contributed by atoms with E-state index in [4.69, 9.17) is 14.2 Å². The number of hydrogen-bond donors (Lipinski definition) is 0. The lowest BCUT2D eigenvalue weighted by atomic mass is 10.0. The first-order chi connectivity index (χ1) is 13.2. The molecule has 0 spiro atoms. The largest absolute Gasteiger partial charge is 0.493 e. The second-order valence-corrected chi connectivity index (χ2v) is 5.90. The van der Waals surface area contributed by atoms with Gasteiger partial charge in [-0.15, -0.1) is 0 Å². The highest BCUT2D eigenvalue weighted by atomic mass is 16.5. The van der Waals surface area contributed by atoms with Crippen molar-refractivity contribution < 1.29 is 23.8 Å². The van der Waals surface area contributed by atoms with Gasteiger partial charge < -0.3 is 14.2 Å². The number of methoxy groups -OCH3 is 1. The average molecular weight is 364 g/mol. The quantitative estimate of drug-likeness (QED) is 0.446. The van der Waals surface area contributed by atoms with E-state index in [0.717, 1.165) is 10.8 Å². The molecule has 0 radical (unpaired) electrons. The van der Waals surface area contributed by atoms with E-state index in [1.807, 2.05) is 42.5 Å². The lowest BCUT2D eigenvalue weighted by molar-refractivity contribution is -0.143. The topological polar surface area (TPSA) is 61.8 Å². The Morgan fingerprint density at radius 1 is 0.852 bits per heavy atom. The highest BCUT2D eigenvalue weighted by Crippen LogP contribution is 2.25. The molecule has 0 saturated heterocycles. The minimum absolute atomic E-state index is 0.0447. The number of carbonyl (C=O) groups is 2. The zero-order chi connectivity index (χ0) is 19.1. The maximum absolute atomic E-state index is 12.2. The molecule has 0 N–H and O–H groups in total. The van der Waals surface area contributed by atoms with E-state index in [-0.39, 0.29) is 25.4 Å². The smallest absolute Gasteiger partial charge is 0.309 e. The second-order valence-electron chi connectivity index (χ2n) is 5.90. The summed E-state index contributed by atoms with van der Waals surface area (Å²) >= 11 is 0. The Morgan fingerprint density at radius 3 is 2.33 bits per heavy atom. The Balaban J connectivity index is 1.47. The number of ketones is 1. The first-order valence-electron chi connectivity index (χ1n) is 8.61. The Bertz CT molecular complexity index is 948. The van der Waals surface area contributed by atoms with E-state index >= 15 is 0 Å². The normalized spacial score (nSPS) is 10.4. The van der Waals surface area contributed by atoms with E-state index in [1.54, 1.807) is 31.4 Å². The highest BCUT2D eigenvalue weighted by molar-refractivity contribution is 6.01. The van der Waals surface area contributed by atoms with E-state index in [9.17, 15) is 9.59 Å². The first kappa shape index (κ1) is 18.5. The van der Waals surface area contributed by atoms with Crippen LogP contribution in [0.15, 0.2) is 66.7 Å². The SMILES string of the molecule is COc1ccccc1OCCC(=O)OCC(=O)c1ccc2ccccc2c1. The molecular formula is C22H20O5. The van der Waals surface area contributed by atoms with Crippen LogP contribution in [0.1, 0.15) is 16.8 Å². The van der Waals surface area contributed by atoms with Gasteiger partial charge in [0.25, 0.3) is 0 Å². The minimum atomic E-state index is -0.487. The maximum atomic E-state index is 12.2.